The highest BCUT2D eigenvalue weighted by molar-refractivity contribution is 5.99. The van der Waals surface area contributed by atoms with Crippen molar-refractivity contribution in [1.29, 1.82) is 0 Å². The van der Waals surface area contributed by atoms with Crippen LogP contribution in [-0.4, -0.2) is 28.0 Å². The van der Waals surface area contributed by atoms with Gasteiger partial charge in [-0.15, -0.1) is 0 Å². The average Bonchev–Trinajstić information content (AvgIpc) is 2.86. The zero-order chi connectivity index (χ0) is 15.6. The van der Waals surface area contributed by atoms with Crippen molar-refractivity contribution in [1.82, 2.24) is 10.3 Å². The second-order valence-electron chi connectivity index (χ2n) is 5.09. The normalized spacial score (nSPS) is 13.9. The molecule has 0 spiro atoms. The third-order valence-electron chi connectivity index (χ3n) is 3.59. The van der Waals surface area contributed by atoms with Gasteiger partial charge in [0.05, 0.1) is 0 Å². The number of hydrogen-bond donors (Lipinski definition) is 3. The molecule has 1 aromatic heterocycles. The van der Waals surface area contributed by atoms with Gasteiger partial charge in [0.15, 0.2) is 0 Å². The average molecular weight is 292 g/mol. The number of hydrogen-bond acceptors (Lipinski definition) is 2. The lowest BCUT2D eigenvalue weighted by atomic mass is 9.99. The van der Waals surface area contributed by atoms with E-state index in [4.69, 9.17) is 0 Å². The number of fused-ring (bicyclic) bond motifs is 1. The summed E-state index contributed by atoms with van der Waals surface area (Å²) in [6, 6.07) is 4.69. The van der Waals surface area contributed by atoms with Crippen LogP contribution in [0.4, 0.5) is 4.39 Å². The molecule has 1 heterocycles. The van der Waals surface area contributed by atoms with Crippen molar-refractivity contribution >= 4 is 22.8 Å². The van der Waals surface area contributed by atoms with Gasteiger partial charge in [0.2, 0.25) is 0 Å². The molecule has 1 amide bonds. The number of rotatable bonds is 5. The molecule has 21 heavy (non-hydrogen) atoms. The SMILES string of the molecule is CCC(C)C(NC(=O)c1cc2cc(F)ccc2[nH]1)C(=O)O. The lowest BCUT2D eigenvalue weighted by molar-refractivity contribution is -0.140. The van der Waals surface area contributed by atoms with Crippen molar-refractivity contribution in [3.05, 3.63) is 35.8 Å². The molecule has 3 N–H and O–H groups in total. The van der Waals surface area contributed by atoms with Gasteiger partial charge in [0, 0.05) is 10.9 Å². The number of halogens is 1. The quantitative estimate of drug-likeness (QED) is 0.792. The summed E-state index contributed by atoms with van der Waals surface area (Å²) >= 11 is 0. The zero-order valence-electron chi connectivity index (χ0n) is 11.8. The lowest BCUT2D eigenvalue weighted by Crippen LogP contribution is -2.45. The Balaban J connectivity index is 2.23. The highest BCUT2D eigenvalue weighted by Crippen LogP contribution is 2.17. The Morgan fingerprint density at radius 1 is 1.38 bits per heavy atom. The molecule has 0 aliphatic rings. The van der Waals surface area contributed by atoms with Gasteiger partial charge in [-0.05, 0) is 30.2 Å². The van der Waals surface area contributed by atoms with Gasteiger partial charge in [0.1, 0.15) is 17.6 Å². The number of amides is 1. The zero-order valence-corrected chi connectivity index (χ0v) is 11.8. The number of carbonyl (C=O) groups is 2. The number of H-pyrrole nitrogens is 1. The van der Waals surface area contributed by atoms with Gasteiger partial charge in [-0.1, -0.05) is 20.3 Å². The van der Waals surface area contributed by atoms with Crippen LogP contribution in [0.25, 0.3) is 10.9 Å². The molecule has 112 valence electrons. The number of nitrogens with one attached hydrogen (secondary N) is 2. The predicted octanol–water partition coefficient (Wildman–Crippen LogP) is 2.54. The van der Waals surface area contributed by atoms with Gasteiger partial charge in [-0.2, -0.15) is 0 Å². The molecular weight excluding hydrogens is 275 g/mol. The molecule has 0 saturated carbocycles. The largest absolute Gasteiger partial charge is 0.480 e. The van der Waals surface area contributed by atoms with E-state index in [0.717, 1.165) is 0 Å². The van der Waals surface area contributed by atoms with Crippen molar-refractivity contribution < 1.29 is 19.1 Å². The summed E-state index contributed by atoms with van der Waals surface area (Å²) < 4.78 is 13.1. The Morgan fingerprint density at radius 2 is 2.10 bits per heavy atom. The third kappa shape index (κ3) is 3.21. The van der Waals surface area contributed by atoms with Crippen LogP contribution in [0.3, 0.4) is 0 Å². The fourth-order valence-corrected chi connectivity index (χ4v) is 2.13. The van der Waals surface area contributed by atoms with Crippen LogP contribution in [0.15, 0.2) is 24.3 Å². The van der Waals surface area contributed by atoms with Crippen molar-refractivity contribution in [3.63, 3.8) is 0 Å². The first-order chi connectivity index (χ1) is 9.92. The van der Waals surface area contributed by atoms with Crippen LogP contribution in [-0.2, 0) is 4.79 Å². The van der Waals surface area contributed by atoms with Crippen LogP contribution in [0.2, 0.25) is 0 Å². The topological polar surface area (TPSA) is 82.2 Å². The van der Waals surface area contributed by atoms with E-state index >= 15 is 0 Å². The minimum atomic E-state index is -1.07. The Kier molecular flexibility index (Phi) is 4.26. The molecule has 0 bridgehead atoms. The Morgan fingerprint density at radius 3 is 2.71 bits per heavy atom. The Labute approximate surface area is 121 Å². The summed E-state index contributed by atoms with van der Waals surface area (Å²) in [5.74, 6) is -2.16. The highest BCUT2D eigenvalue weighted by Gasteiger charge is 2.26. The minimum absolute atomic E-state index is 0.187. The van der Waals surface area contributed by atoms with Gasteiger partial charge < -0.3 is 15.4 Å². The molecule has 0 aliphatic carbocycles. The second kappa shape index (κ2) is 5.95. The molecule has 2 rings (SSSR count). The first-order valence-corrected chi connectivity index (χ1v) is 6.74. The number of benzene rings is 1. The molecule has 6 heteroatoms. The standard InChI is InChI=1S/C15H17FN2O3/c1-3-8(2)13(15(20)21)18-14(19)12-7-9-6-10(16)4-5-11(9)17-12/h4-8,13,17H,3H2,1-2H3,(H,18,19)(H,20,21). The third-order valence-corrected chi connectivity index (χ3v) is 3.59. The van der Waals surface area contributed by atoms with E-state index in [-0.39, 0.29) is 11.6 Å². The van der Waals surface area contributed by atoms with E-state index in [1.165, 1.54) is 24.3 Å². The molecule has 0 fully saturated rings. The molecule has 1 aromatic carbocycles. The maximum Gasteiger partial charge on any atom is 0.326 e. The Bertz CT molecular complexity index is 681. The van der Waals surface area contributed by atoms with Crippen molar-refractivity contribution in [2.45, 2.75) is 26.3 Å². The fourth-order valence-electron chi connectivity index (χ4n) is 2.13. The summed E-state index contributed by atoms with van der Waals surface area (Å²) in [7, 11) is 0. The van der Waals surface area contributed by atoms with Crippen LogP contribution in [0.1, 0.15) is 30.8 Å². The second-order valence-corrected chi connectivity index (χ2v) is 5.09. The van der Waals surface area contributed by atoms with E-state index < -0.39 is 23.7 Å². The van der Waals surface area contributed by atoms with E-state index in [9.17, 15) is 19.1 Å². The van der Waals surface area contributed by atoms with Crippen molar-refractivity contribution in [3.8, 4) is 0 Å². The minimum Gasteiger partial charge on any atom is -0.480 e. The smallest absolute Gasteiger partial charge is 0.326 e. The van der Waals surface area contributed by atoms with Crippen LogP contribution < -0.4 is 5.32 Å². The van der Waals surface area contributed by atoms with Crippen molar-refractivity contribution in [2.24, 2.45) is 5.92 Å². The van der Waals surface area contributed by atoms with Gasteiger partial charge in [-0.3, -0.25) is 4.79 Å². The van der Waals surface area contributed by atoms with E-state index in [0.29, 0.717) is 17.3 Å². The van der Waals surface area contributed by atoms with Gasteiger partial charge in [0.25, 0.3) is 5.91 Å². The molecule has 2 atom stereocenters. The van der Waals surface area contributed by atoms with Gasteiger partial charge in [-0.25, -0.2) is 9.18 Å². The van der Waals surface area contributed by atoms with Crippen molar-refractivity contribution in [2.75, 3.05) is 0 Å². The van der Waals surface area contributed by atoms with Crippen LogP contribution >= 0.6 is 0 Å². The highest BCUT2D eigenvalue weighted by atomic mass is 19.1. The lowest BCUT2D eigenvalue weighted by Gasteiger charge is -2.19. The van der Waals surface area contributed by atoms with E-state index in [2.05, 4.69) is 10.3 Å². The molecule has 0 radical (unpaired) electrons. The number of aromatic nitrogens is 1. The molecular formula is C15H17FN2O3. The summed E-state index contributed by atoms with van der Waals surface area (Å²) in [5, 5.41) is 12.2. The summed E-state index contributed by atoms with van der Waals surface area (Å²) in [4.78, 5) is 26.2. The van der Waals surface area contributed by atoms with E-state index in [1.54, 1.807) is 6.92 Å². The predicted molar refractivity (Wildman–Crippen MR) is 76.6 cm³/mol. The summed E-state index contributed by atoms with van der Waals surface area (Å²) in [5.41, 5.74) is 0.835. The number of aliphatic carboxylic acids is 1. The number of carboxylic acids is 1. The maximum atomic E-state index is 13.1. The Hall–Kier alpha value is -2.37. The molecule has 0 saturated heterocycles. The first-order valence-electron chi connectivity index (χ1n) is 6.74. The van der Waals surface area contributed by atoms with Crippen LogP contribution in [0, 0.1) is 11.7 Å². The molecule has 2 aromatic rings. The van der Waals surface area contributed by atoms with Gasteiger partial charge >= 0.3 is 5.97 Å². The monoisotopic (exact) mass is 292 g/mol. The fraction of sp³-hybridized carbons (Fsp3) is 0.333. The number of carbonyl (C=O) groups excluding carboxylic acids is 1. The number of carboxylic acid groups (broad SMARTS) is 1. The number of aromatic amines is 1. The molecule has 5 nitrogen and oxygen atoms in total. The van der Waals surface area contributed by atoms with E-state index in [1.807, 2.05) is 6.92 Å². The summed E-state index contributed by atoms with van der Waals surface area (Å²) in [6.07, 6.45) is 0.634. The first kappa shape index (κ1) is 15.0. The molecule has 0 aliphatic heterocycles. The van der Waals surface area contributed by atoms with Crippen LogP contribution in [0.5, 0.6) is 0 Å². The maximum absolute atomic E-state index is 13.1. The summed E-state index contributed by atoms with van der Waals surface area (Å²) in [6.45, 7) is 3.62. The molecule has 2 unspecified atom stereocenters.